The standard InChI is InChI=1S/C72H112O40/c73-22-44-52(85)57(90)62(95)69(107-44)104-41-20-31(75)19-40-32(41)21-43(66(102-40)30-7-10-34(77)37(80)18-30)106-72-67(112-71-65(98)60(93)55(88)47(110-71)25-100-51(84)14-6-29-2-9-35(78)42(17-29)105-70-63(96)58(91)53(86)45(23-74)108-70)61(94)56(89)48(111-72)26-101-50(83)13-5-28-3-11-39(38(81)16-28)103-68-64(97)59(92)54(87)46(109-68)24-99-49(82)12-4-27-1-8-33(76)36(79)15-27/h4-6,12-14,27-48,52-81,85-98H,1-3,7-11,15-26H2. The lowest BCUT2D eigenvalue weighted by Gasteiger charge is -2.53. The Bertz CT molecular complexity index is 3060. The lowest BCUT2D eigenvalue weighted by atomic mass is 9.72. The van der Waals surface area contributed by atoms with Crippen LogP contribution in [0.25, 0.3) is 0 Å². The SMILES string of the molecule is O=C(C=CC1CCC(O)C(O)C1)OCC1OC(OC2CCC(C=CC(=O)OCC3OC(OC4CC5C(OC6OC(CO)C(O)C(O)C6O)CC(O)CC5OC4C4CCC(O)C(O)C4)C(OC4OC(COC(=O)C=CC5CCC(O)C(OC6OC(CO)C(O)C(O)C6O)C5)C(O)C(O)C4O)C(O)C3O)CC2O)C(O)C(O)C1O. The topological polar surface area (TPSA) is 646 Å². The second-order valence-electron chi connectivity index (χ2n) is 31.6. The number of fused-ring (bicyclic) bond motifs is 1. The molecule has 0 aromatic carbocycles. The highest BCUT2D eigenvalue weighted by Crippen LogP contribution is 2.46. The van der Waals surface area contributed by atoms with Crippen LogP contribution in [0.5, 0.6) is 0 Å². The molecule has 43 unspecified atom stereocenters. The summed E-state index contributed by atoms with van der Waals surface area (Å²) in [4.78, 5) is 39.6. The summed E-state index contributed by atoms with van der Waals surface area (Å²) in [5.74, 6) is -5.56. The van der Waals surface area contributed by atoms with E-state index in [9.17, 15) is 132 Å². The molecule has 40 heteroatoms. The van der Waals surface area contributed by atoms with Crippen molar-refractivity contribution in [3.05, 3.63) is 36.5 Å². The van der Waals surface area contributed by atoms with Crippen LogP contribution in [0.3, 0.4) is 0 Å². The van der Waals surface area contributed by atoms with E-state index in [1.807, 2.05) is 0 Å². The van der Waals surface area contributed by atoms with Crippen molar-refractivity contribution in [2.45, 2.75) is 329 Å². The van der Waals surface area contributed by atoms with Crippen LogP contribution in [0.2, 0.25) is 0 Å². The summed E-state index contributed by atoms with van der Waals surface area (Å²) in [6, 6.07) is 0. The Labute approximate surface area is 642 Å². The third-order valence-corrected chi connectivity index (χ3v) is 23.8. The van der Waals surface area contributed by atoms with Gasteiger partial charge in [-0.1, -0.05) is 18.2 Å². The van der Waals surface area contributed by atoms with Crippen LogP contribution in [0, 0.1) is 29.6 Å². The molecule has 40 nitrogen and oxygen atoms in total. The first-order valence-electron chi connectivity index (χ1n) is 38.6. The van der Waals surface area contributed by atoms with Gasteiger partial charge in [-0.2, -0.15) is 0 Å². The maximum Gasteiger partial charge on any atom is 0.330 e. The van der Waals surface area contributed by atoms with Gasteiger partial charge in [-0.25, -0.2) is 14.4 Å². The molecule has 43 atom stereocenters. The molecular weight excluding hydrogens is 1500 g/mol. The van der Waals surface area contributed by atoms with Crippen LogP contribution in [0.15, 0.2) is 36.5 Å². The number of rotatable bonds is 25. The summed E-state index contributed by atoms with van der Waals surface area (Å²) in [6.07, 6.45) is -49.8. The Morgan fingerprint density at radius 2 is 0.688 bits per heavy atom. The number of esters is 3. The van der Waals surface area contributed by atoms with Gasteiger partial charge in [0.05, 0.1) is 92.6 Å². The Balaban J connectivity index is 0.761. The van der Waals surface area contributed by atoms with E-state index in [1.165, 1.54) is 18.2 Å². The number of ether oxygens (including phenoxy) is 14. The Kier molecular flexibility index (Phi) is 31.7. The molecule has 5 saturated carbocycles. The summed E-state index contributed by atoms with van der Waals surface area (Å²) in [5.41, 5.74) is 0. The molecule has 11 aliphatic rings. The highest BCUT2D eigenvalue weighted by molar-refractivity contribution is 5.82. The van der Waals surface area contributed by atoms with Crippen molar-refractivity contribution in [3.63, 3.8) is 0 Å². The van der Waals surface area contributed by atoms with Crippen LogP contribution in [0.1, 0.15) is 96.3 Å². The summed E-state index contributed by atoms with van der Waals surface area (Å²) in [7, 11) is 0. The zero-order valence-corrected chi connectivity index (χ0v) is 61.2. The number of aliphatic hydroxyl groups excluding tert-OH is 23. The first-order valence-corrected chi connectivity index (χ1v) is 38.6. The molecule has 0 spiro atoms. The second-order valence-corrected chi connectivity index (χ2v) is 31.6. The largest absolute Gasteiger partial charge is 0.460 e. The van der Waals surface area contributed by atoms with Gasteiger partial charge in [0.25, 0.3) is 0 Å². The molecule has 5 aliphatic carbocycles. The first kappa shape index (κ1) is 89.1. The van der Waals surface area contributed by atoms with Gasteiger partial charge in [0.1, 0.15) is 142 Å². The maximum atomic E-state index is 13.6. The lowest BCUT2D eigenvalue weighted by molar-refractivity contribution is -0.380. The predicted octanol–water partition coefficient (Wildman–Crippen LogP) is -9.83. The van der Waals surface area contributed by atoms with Crippen LogP contribution in [-0.2, 0) is 80.7 Å². The molecule has 0 bridgehead atoms. The molecule has 6 heterocycles. The molecule has 0 radical (unpaired) electrons. The Hall–Kier alpha value is -3.73. The molecule has 0 aromatic heterocycles. The van der Waals surface area contributed by atoms with E-state index < -0.39 is 307 Å². The monoisotopic (exact) mass is 1620 g/mol. The van der Waals surface area contributed by atoms with Crippen molar-refractivity contribution in [1.29, 1.82) is 0 Å². The fourth-order valence-corrected chi connectivity index (χ4v) is 16.9. The van der Waals surface area contributed by atoms with Gasteiger partial charge in [-0.15, -0.1) is 0 Å². The predicted molar refractivity (Wildman–Crippen MR) is 364 cm³/mol. The van der Waals surface area contributed by atoms with E-state index in [0.29, 0.717) is 19.3 Å². The molecule has 640 valence electrons. The van der Waals surface area contributed by atoms with Crippen molar-refractivity contribution < 1.29 is 198 Å². The van der Waals surface area contributed by atoms with Crippen molar-refractivity contribution >= 4 is 17.9 Å². The summed E-state index contributed by atoms with van der Waals surface area (Å²) < 4.78 is 83.3. The average molecular weight is 1620 g/mol. The van der Waals surface area contributed by atoms with Gasteiger partial charge in [0, 0.05) is 30.6 Å². The third kappa shape index (κ3) is 21.5. The van der Waals surface area contributed by atoms with E-state index in [4.69, 9.17) is 66.3 Å². The zero-order chi connectivity index (χ0) is 80.8. The van der Waals surface area contributed by atoms with Gasteiger partial charge in [0.2, 0.25) is 0 Å². The van der Waals surface area contributed by atoms with Crippen molar-refractivity contribution in [2.24, 2.45) is 29.6 Å². The lowest BCUT2D eigenvalue weighted by Crippen LogP contribution is -2.66. The van der Waals surface area contributed by atoms with E-state index in [0.717, 1.165) is 18.2 Å². The molecule has 0 amide bonds. The number of hydrogen-bond donors (Lipinski definition) is 23. The number of allylic oxidation sites excluding steroid dienone is 3. The summed E-state index contributed by atoms with van der Waals surface area (Å²) in [5, 5.41) is 249. The van der Waals surface area contributed by atoms with Gasteiger partial charge in [0.15, 0.2) is 31.5 Å². The third-order valence-electron chi connectivity index (χ3n) is 23.8. The highest BCUT2D eigenvalue weighted by atomic mass is 16.8. The maximum absolute atomic E-state index is 13.6. The zero-order valence-electron chi connectivity index (χ0n) is 61.2. The van der Waals surface area contributed by atoms with Crippen molar-refractivity contribution in [1.82, 2.24) is 0 Å². The molecular formula is C72H112O40. The average Bonchev–Trinajstić information content (AvgIpc) is 0.760. The minimum atomic E-state index is -2.19. The van der Waals surface area contributed by atoms with Crippen molar-refractivity contribution in [2.75, 3.05) is 33.0 Å². The van der Waals surface area contributed by atoms with E-state index in [-0.39, 0.29) is 83.0 Å². The van der Waals surface area contributed by atoms with Crippen LogP contribution >= 0.6 is 0 Å². The second kappa shape index (κ2) is 39.9. The Morgan fingerprint density at radius 1 is 0.304 bits per heavy atom. The molecule has 112 heavy (non-hydrogen) atoms. The quantitative estimate of drug-likeness (QED) is 0.0229. The number of aliphatic hydroxyl groups is 23. The molecule has 23 N–H and O–H groups in total. The van der Waals surface area contributed by atoms with E-state index >= 15 is 0 Å². The van der Waals surface area contributed by atoms with Gasteiger partial charge < -0.3 is 184 Å². The minimum absolute atomic E-state index is 0.00311. The smallest absolute Gasteiger partial charge is 0.330 e. The normalized spacial score (nSPS) is 49.3. The molecule has 0 aromatic rings. The fraction of sp³-hybridized carbons (Fsp3) is 0.875. The van der Waals surface area contributed by atoms with Gasteiger partial charge in [-0.05, 0) is 114 Å². The van der Waals surface area contributed by atoms with E-state index in [1.54, 1.807) is 0 Å². The molecule has 6 saturated heterocycles. The van der Waals surface area contributed by atoms with Gasteiger partial charge >= 0.3 is 17.9 Å². The van der Waals surface area contributed by atoms with Crippen LogP contribution in [0.4, 0.5) is 0 Å². The Morgan fingerprint density at radius 3 is 1.16 bits per heavy atom. The summed E-state index contributed by atoms with van der Waals surface area (Å²) >= 11 is 0. The number of carbonyl (C=O) groups is 3. The van der Waals surface area contributed by atoms with E-state index in [2.05, 4.69) is 0 Å². The van der Waals surface area contributed by atoms with Crippen LogP contribution < -0.4 is 0 Å². The molecule has 11 fully saturated rings. The highest BCUT2D eigenvalue weighted by Gasteiger charge is 2.58. The first-order chi connectivity index (χ1) is 53.3. The number of carbonyl (C=O) groups excluding carboxylic acids is 3. The van der Waals surface area contributed by atoms with Gasteiger partial charge in [-0.3, -0.25) is 0 Å². The minimum Gasteiger partial charge on any atom is -0.460 e. The van der Waals surface area contributed by atoms with Crippen LogP contribution in [-0.4, -0.2) is 401 Å². The van der Waals surface area contributed by atoms with Crippen molar-refractivity contribution in [3.8, 4) is 0 Å². The summed E-state index contributed by atoms with van der Waals surface area (Å²) in [6.45, 7) is -3.78. The molecule has 6 aliphatic heterocycles. The fourth-order valence-electron chi connectivity index (χ4n) is 16.9. The number of hydrogen-bond acceptors (Lipinski definition) is 40. The molecule has 11 rings (SSSR count).